The summed E-state index contributed by atoms with van der Waals surface area (Å²) in [5.74, 6) is -0.283. The molecule has 2 aromatic carbocycles. The monoisotopic (exact) mass is 908 g/mol. The number of anilines is 1. The van der Waals surface area contributed by atoms with E-state index >= 15 is 0 Å². The van der Waals surface area contributed by atoms with Gasteiger partial charge in [-0.25, -0.2) is 4.79 Å². The number of pyridine rings is 1. The number of carbonyl (C=O) groups excluding carboxylic acids is 2. The van der Waals surface area contributed by atoms with Gasteiger partial charge in [0.2, 0.25) is 17.1 Å². The van der Waals surface area contributed by atoms with Crippen LogP contribution in [0.3, 0.4) is 0 Å². The van der Waals surface area contributed by atoms with Crippen molar-refractivity contribution in [1.29, 1.82) is 0 Å². The highest BCUT2D eigenvalue weighted by molar-refractivity contribution is 7.12. The van der Waals surface area contributed by atoms with E-state index in [-0.39, 0.29) is 40.8 Å². The molecule has 0 aliphatic heterocycles. The van der Waals surface area contributed by atoms with Crippen molar-refractivity contribution in [3.63, 3.8) is 0 Å². The Balaban J connectivity index is 1.02. The van der Waals surface area contributed by atoms with Crippen LogP contribution in [0.15, 0.2) is 76.2 Å². The lowest BCUT2D eigenvalue weighted by Gasteiger charge is -2.39. The molecule has 328 valence electrons. The predicted molar refractivity (Wildman–Crippen MR) is 247 cm³/mol. The Bertz CT molecular complexity index is 2310. The first kappa shape index (κ1) is 46.4. The van der Waals surface area contributed by atoms with Gasteiger partial charge in [-0.1, -0.05) is 50.6 Å². The molecule has 61 heavy (non-hydrogen) atoms. The number of hydrogen-bond acceptors (Lipinski definition) is 12. The lowest BCUT2D eigenvalue weighted by atomic mass is 9.91. The normalized spacial score (nSPS) is 16.8. The maximum Gasteiger partial charge on any atom is 0.349 e. The number of methoxy groups -OCH3 is 1. The molecule has 5 aromatic rings. The molecule has 1 saturated carbocycles. The molecule has 6 rings (SSSR count). The summed E-state index contributed by atoms with van der Waals surface area (Å²) in [7, 11) is 1.29. The van der Waals surface area contributed by atoms with E-state index in [9.17, 15) is 24.6 Å². The highest BCUT2D eigenvalue weighted by Crippen LogP contribution is 2.42. The van der Waals surface area contributed by atoms with Crippen LogP contribution in [0.4, 0.5) is 5.69 Å². The zero-order valence-corrected chi connectivity index (χ0v) is 39.2. The number of aromatic nitrogens is 1. The maximum absolute atomic E-state index is 13.4. The van der Waals surface area contributed by atoms with Crippen LogP contribution in [0.2, 0.25) is 23.2 Å². The summed E-state index contributed by atoms with van der Waals surface area (Å²) in [5.41, 5.74) is 0.324. The van der Waals surface area contributed by atoms with Crippen molar-refractivity contribution in [2.75, 3.05) is 32.6 Å². The van der Waals surface area contributed by atoms with E-state index in [0.29, 0.717) is 69.6 Å². The molecule has 0 saturated heterocycles. The van der Waals surface area contributed by atoms with Crippen LogP contribution in [0.1, 0.15) is 79.9 Å². The Morgan fingerprint density at radius 2 is 1.69 bits per heavy atom. The zero-order valence-electron chi connectivity index (χ0n) is 35.8. The Morgan fingerprint density at radius 3 is 2.30 bits per heavy atom. The Hall–Kier alpha value is -4.06. The number of amides is 1. The van der Waals surface area contributed by atoms with Gasteiger partial charge in [0.25, 0.3) is 0 Å². The number of fused-ring (bicyclic) bond motifs is 1. The molecule has 16 heteroatoms. The number of nitrogens with one attached hydrogen (secondary N) is 3. The zero-order chi connectivity index (χ0) is 44.1. The van der Waals surface area contributed by atoms with Crippen LogP contribution >= 0.6 is 34.3 Å². The lowest BCUT2D eigenvalue weighted by Crippen LogP contribution is -2.43. The smallest absolute Gasteiger partial charge is 0.349 e. The van der Waals surface area contributed by atoms with Crippen molar-refractivity contribution in [1.82, 2.24) is 15.2 Å². The third-order valence-corrected chi connectivity index (χ3v) is 18.8. The predicted octanol–water partition coefficient (Wildman–Crippen LogP) is 8.92. The van der Waals surface area contributed by atoms with E-state index in [2.05, 4.69) is 54.4 Å². The number of phenolic OH excluding ortho intramolecular Hbond substituents is 1. The lowest BCUT2D eigenvalue weighted by molar-refractivity contribution is -0.169. The average molecular weight is 910 g/mol. The van der Waals surface area contributed by atoms with Crippen LogP contribution in [0.25, 0.3) is 10.9 Å². The molecule has 0 spiro atoms. The summed E-state index contributed by atoms with van der Waals surface area (Å²) in [6.45, 7) is 12.2. The topological polar surface area (TPSA) is 162 Å². The summed E-state index contributed by atoms with van der Waals surface area (Å²) in [5, 5.41) is 33.3. The summed E-state index contributed by atoms with van der Waals surface area (Å²) < 4.78 is 18.6. The number of carbonyl (C=O) groups is 2. The molecule has 1 fully saturated rings. The molecule has 1 amide bonds. The first-order chi connectivity index (χ1) is 28.9. The number of aliphatic hydroxyl groups is 1. The molecule has 0 bridgehead atoms. The van der Waals surface area contributed by atoms with Crippen LogP contribution < -0.4 is 20.9 Å². The number of nitrogens with zero attached hydrogens (tertiary/aromatic N) is 1. The quantitative estimate of drug-likeness (QED) is 0.0450. The Morgan fingerprint density at radius 1 is 1.02 bits per heavy atom. The van der Waals surface area contributed by atoms with Crippen LogP contribution in [-0.2, 0) is 30.9 Å². The fraction of sp³-hybridized carbons (Fsp3) is 0.444. The average Bonchev–Trinajstić information content (AvgIpc) is 3.97. The third kappa shape index (κ3) is 10.8. The van der Waals surface area contributed by atoms with Crippen molar-refractivity contribution >= 4 is 71.1 Å². The van der Waals surface area contributed by atoms with Gasteiger partial charge < -0.3 is 44.6 Å². The van der Waals surface area contributed by atoms with Gasteiger partial charge >= 0.3 is 5.97 Å². The summed E-state index contributed by atoms with van der Waals surface area (Å²) in [4.78, 5) is 44.8. The van der Waals surface area contributed by atoms with Gasteiger partial charge in [-0.15, -0.1) is 22.7 Å². The number of hydrogen-bond donors (Lipinski definition) is 5. The largest absolute Gasteiger partial charge is 0.506 e. The van der Waals surface area contributed by atoms with Gasteiger partial charge in [0.1, 0.15) is 17.6 Å². The second-order valence-electron chi connectivity index (χ2n) is 17.2. The highest BCUT2D eigenvalue weighted by Gasteiger charge is 2.45. The van der Waals surface area contributed by atoms with Gasteiger partial charge in [-0.3, -0.25) is 9.59 Å². The molecule has 1 aliphatic carbocycles. The number of H-pyrrole nitrogens is 1. The molecular weight excluding hydrogens is 852 g/mol. The SMILES string of the molecule is COc1cc(NC(=O)CCN(C)C2CCC(OC(=O)C(O)(c3cccs3)c3cccs3)CC2)c(Cl)cc1CNC[C@H](O[Si](C)(C)C(C)(C)C)c1ccc(O)c2[nH]c(=O)ccc12. The van der Waals surface area contributed by atoms with E-state index in [1.54, 1.807) is 43.5 Å². The molecule has 0 radical (unpaired) electrons. The standard InChI is InChI=1S/C45H57ClN4O8S2Si/c1-44(2,3)61(6,7)58-37(31-16-18-35(51)42-32(31)17-19-40(52)49-42)27-47-26-28-24-33(46)34(25-36(28)56-5)48-41(53)20-21-50(4)29-12-14-30(15-13-29)57-43(54)45(55,38-10-8-22-59-38)39-11-9-23-60-39/h8-11,16-19,22-25,29-30,37,47,51,55H,12-15,20-21,26-27H2,1-7H3,(H,48,53)(H,49,52)/t29?,30?,37-/m0/s1. The molecule has 1 aliphatic rings. The number of benzene rings is 2. The molecule has 1 atom stereocenters. The molecular formula is C45H57ClN4O8S2Si. The number of aromatic amines is 1. The fourth-order valence-corrected chi connectivity index (χ4v) is 10.7. The summed E-state index contributed by atoms with van der Waals surface area (Å²) in [6, 6.07) is 17.5. The first-order valence-corrected chi connectivity index (χ1v) is 25.6. The molecule has 3 heterocycles. The molecule has 12 nitrogen and oxygen atoms in total. The minimum atomic E-state index is -2.28. The first-order valence-electron chi connectivity index (χ1n) is 20.5. The van der Waals surface area contributed by atoms with Gasteiger partial charge in [-0.05, 0) is 97.5 Å². The van der Waals surface area contributed by atoms with Crippen LogP contribution in [0, 0.1) is 0 Å². The Kier molecular flexibility index (Phi) is 14.9. The van der Waals surface area contributed by atoms with Gasteiger partial charge in [-0.2, -0.15) is 0 Å². The van der Waals surface area contributed by atoms with E-state index < -0.39 is 26.0 Å². The van der Waals surface area contributed by atoms with Gasteiger partial charge in [0.15, 0.2) is 8.32 Å². The number of rotatable bonds is 17. The van der Waals surface area contributed by atoms with Crippen molar-refractivity contribution in [2.45, 2.75) is 101 Å². The van der Waals surface area contributed by atoms with Crippen LogP contribution in [0.5, 0.6) is 11.5 Å². The molecule has 5 N–H and O–H groups in total. The van der Waals surface area contributed by atoms with E-state index in [4.69, 9.17) is 25.5 Å². The molecule has 3 aromatic heterocycles. The number of halogens is 1. The number of aromatic hydroxyl groups is 1. The summed E-state index contributed by atoms with van der Waals surface area (Å²) in [6.07, 6.45) is 2.45. The van der Waals surface area contributed by atoms with Gasteiger partial charge in [0, 0.05) is 55.2 Å². The van der Waals surface area contributed by atoms with Gasteiger partial charge in [0.05, 0.1) is 39.2 Å². The number of thiophene rings is 2. The fourth-order valence-electron chi connectivity index (χ4n) is 7.45. The minimum Gasteiger partial charge on any atom is -0.506 e. The maximum atomic E-state index is 13.4. The van der Waals surface area contributed by atoms with Crippen LogP contribution in [-0.4, -0.2) is 79.7 Å². The molecule has 0 unspecified atom stereocenters. The van der Waals surface area contributed by atoms with E-state index in [0.717, 1.165) is 24.0 Å². The third-order valence-electron chi connectivity index (χ3n) is 12.1. The minimum absolute atomic E-state index is 0.00988. The highest BCUT2D eigenvalue weighted by atomic mass is 35.5. The van der Waals surface area contributed by atoms with Crippen molar-refractivity contribution in [3.05, 3.63) is 108 Å². The van der Waals surface area contributed by atoms with Crippen molar-refractivity contribution in [3.8, 4) is 11.5 Å². The summed E-state index contributed by atoms with van der Waals surface area (Å²) >= 11 is 9.41. The van der Waals surface area contributed by atoms with E-state index in [1.807, 2.05) is 36.0 Å². The number of phenols is 1. The van der Waals surface area contributed by atoms with Crippen molar-refractivity contribution in [2.24, 2.45) is 0 Å². The van der Waals surface area contributed by atoms with Crippen molar-refractivity contribution < 1.29 is 33.7 Å². The number of esters is 1. The Labute approximate surface area is 371 Å². The number of ether oxygens (including phenoxy) is 2. The second kappa shape index (κ2) is 19.5. The van der Waals surface area contributed by atoms with E-state index in [1.165, 1.54) is 28.7 Å². The second-order valence-corrected chi connectivity index (χ2v) is 24.3.